The van der Waals surface area contributed by atoms with E-state index in [0.717, 1.165) is 0 Å². The molecule has 1 rings (SSSR count). The maximum atomic E-state index is 4.58. The van der Waals surface area contributed by atoms with Crippen molar-refractivity contribution >= 4 is 0 Å². The minimum Gasteiger partial charge on any atom is -0.473 e. The molecule has 0 aliphatic heterocycles. The van der Waals surface area contributed by atoms with E-state index < -0.39 is 0 Å². The Balaban J connectivity index is 0.000000145. The van der Waals surface area contributed by atoms with Gasteiger partial charge < -0.3 is 4.42 Å². The molecule has 44 valence electrons. The van der Waals surface area contributed by atoms with E-state index in [2.05, 4.69) is 11.0 Å². The predicted molar refractivity (Wildman–Crippen MR) is 34.6 cm³/mol. The van der Waals surface area contributed by atoms with Gasteiger partial charge in [0.1, 0.15) is 0 Å². The Labute approximate surface area is 49.6 Å². The van der Waals surface area contributed by atoms with Crippen LogP contribution in [-0.2, 0) is 0 Å². The van der Waals surface area contributed by atoms with Crippen molar-refractivity contribution in [1.29, 1.82) is 0 Å². The van der Waals surface area contributed by atoms with Gasteiger partial charge >= 0.3 is 0 Å². The second-order valence-corrected chi connectivity index (χ2v) is 1.20. The van der Waals surface area contributed by atoms with Gasteiger partial charge in [0.2, 0.25) is 0 Å². The molecule has 1 heteroatoms. The Morgan fingerprint density at radius 2 is 1.75 bits per heavy atom. The van der Waals surface area contributed by atoms with Crippen molar-refractivity contribution in [3.63, 3.8) is 0 Å². The monoisotopic (exact) mass is 110 g/mol. The quantitative estimate of drug-likeness (QED) is 0.467. The van der Waals surface area contributed by atoms with E-state index in [9.17, 15) is 0 Å². The molecule has 0 aliphatic carbocycles. The highest BCUT2D eigenvalue weighted by atomic mass is 16.3. The minimum atomic E-state index is 1.62. The first-order valence-corrected chi connectivity index (χ1v) is 2.46. The van der Waals surface area contributed by atoms with E-state index in [4.69, 9.17) is 0 Å². The summed E-state index contributed by atoms with van der Waals surface area (Å²) in [6.07, 6.45) is 5.00. The Kier molecular flexibility index (Phi) is 5.28. The molecule has 0 fully saturated rings. The fraction of sp³-hybridized carbons (Fsp3) is 0.143. The van der Waals surface area contributed by atoms with E-state index in [-0.39, 0.29) is 0 Å². The van der Waals surface area contributed by atoms with E-state index in [1.807, 2.05) is 19.1 Å². The highest BCUT2D eigenvalue weighted by Crippen LogP contribution is 1.79. The van der Waals surface area contributed by atoms with Crippen LogP contribution < -0.4 is 0 Å². The van der Waals surface area contributed by atoms with Crippen LogP contribution in [0.4, 0.5) is 0 Å². The molecule has 0 bridgehead atoms. The molecular formula is C7H10O. The first-order chi connectivity index (χ1) is 3.91. The second-order valence-electron chi connectivity index (χ2n) is 1.20. The van der Waals surface area contributed by atoms with E-state index in [0.29, 0.717) is 0 Å². The van der Waals surface area contributed by atoms with Crippen molar-refractivity contribution in [1.82, 2.24) is 0 Å². The highest BCUT2D eigenvalue weighted by Gasteiger charge is 1.58. The number of allylic oxidation sites excluding steroid dienone is 1. The van der Waals surface area contributed by atoms with E-state index in [1.165, 1.54) is 0 Å². The Hall–Kier alpha value is -0.980. The smallest absolute Gasteiger partial charge is 0.0902 e. The maximum absolute atomic E-state index is 4.58. The van der Waals surface area contributed by atoms with Crippen molar-refractivity contribution in [2.45, 2.75) is 6.92 Å². The van der Waals surface area contributed by atoms with Crippen molar-refractivity contribution < 1.29 is 4.42 Å². The van der Waals surface area contributed by atoms with Crippen molar-refractivity contribution in [2.24, 2.45) is 0 Å². The Bertz CT molecular complexity index is 90.7. The third kappa shape index (κ3) is 5.02. The normalized spacial score (nSPS) is 6.62. The third-order valence-corrected chi connectivity index (χ3v) is 0.425. The molecule has 0 atom stereocenters. The lowest BCUT2D eigenvalue weighted by Crippen LogP contribution is -1.16. The topological polar surface area (TPSA) is 13.1 Å². The van der Waals surface area contributed by atoms with Gasteiger partial charge in [0.15, 0.2) is 0 Å². The predicted octanol–water partition coefficient (Wildman–Crippen LogP) is 2.47. The van der Waals surface area contributed by atoms with Crippen molar-refractivity contribution in [3.05, 3.63) is 37.3 Å². The zero-order valence-corrected chi connectivity index (χ0v) is 5.00. The Morgan fingerprint density at radius 3 is 1.88 bits per heavy atom. The summed E-state index contributed by atoms with van der Waals surface area (Å²) in [5, 5.41) is 0. The molecule has 0 radical (unpaired) electrons. The van der Waals surface area contributed by atoms with Crippen molar-refractivity contribution in [3.8, 4) is 0 Å². The van der Waals surface area contributed by atoms with Gasteiger partial charge in [-0.25, -0.2) is 0 Å². The van der Waals surface area contributed by atoms with Gasteiger partial charge in [0.25, 0.3) is 0 Å². The molecule has 0 aliphatic rings. The zero-order chi connectivity index (χ0) is 6.24. The summed E-state index contributed by atoms with van der Waals surface area (Å²) in [6.45, 7) is 5.25. The lowest BCUT2D eigenvalue weighted by atomic mass is 10.7. The average molecular weight is 110 g/mol. The molecule has 1 aromatic rings. The zero-order valence-electron chi connectivity index (χ0n) is 5.00. The number of hydrogen-bond acceptors (Lipinski definition) is 1. The molecule has 0 spiro atoms. The van der Waals surface area contributed by atoms with Crippen LogP contribution in [0.25, 0.3) is 0 Å². The van der Waals surface area contributed by atoms with Gasteiger partial charge in [0.05, 0.1) is 12.5 Å². The molecule has 1 heterocycles. The fourth-order valence-corrected chi connectivity index (χ4v) is 0.227. The van der Waals surface area contributed by atoms with Gasteiger partial charge in [-0.15, -0.1) is 6.58 Å². The summed E-state index contributed by atoms with van der Waals surface area (Å²) in [7, 11) is 0. The summed E-state index contributed by atoms with van der Waals surface area (Å²) in [4.78, 5) is 0. The summed E-state index contributed by atoms with van der Waals surface area (Å²) in [5.41, 5.74) is 0. The number of furan rings is 1. The molecule has 0 unspecified atom stereocenters. The molecule has 0 amide bonds. The number of hydrogen-bond donors (Lipinski definition) is 0. The van der Waals surface area contributed by atoms with Crippen LogP contribution in [0, 0.1) is 0 Å². The molecule has 0 N–H and O–H groups in total. The SMILES string of the molecule is C=CC.c1ccoc1. The molecule has 0 aromatic carbocycles. The lowest BCUT2D eigenvalue weighted by Gasteiger charge is -1.50. The van der Waals surface area contributed by atoms with Crippen molar-refractivity contribution in [2.75, 3.05) is 0 Å². The third-order valence-electron chi connectivity index (χ3n) is 0.425. The fourth-order valence-electron chi connectivity index (χ4n) is 0.227. The van der Waals surface area contributed by atoms with Gasteiger partial charge in [0, 0.05) is 0 Å². The van der Waals surface area contributed by atoms with Crippen LogP contribution in [0.5, 0.6) is 0 Å². The summed E-state index contributed by atoms with van der Waals surface area (Å²) >= 11 is 0. The van der Waals surface area contributed by atoms with Crippen LogP contribution >= 0.6 is 0 Å². The first-order valence-electron chi connectivity index (χ1n) is 2.46. The van der Waals surface area contributed by atoms with E-state index >= 15 is 0 Å². The van der Waals surface area contributed by atoms with Crippen LogP contribution in [-0.4, -0.2) is 0 Å². The maximum Gasteiger partial charge on any atom is 0.0902 e. The van der Waals surface area contributed by atoms with Crippen LogP contribution in [0.3, 0.4) is 0 Å². The molecular weight excluding hydrogens is 100 g/mol. The largest absolute Gasteiger partial charge is 0.473 e. The molecule has 1 aromatic heterocycles. The standard InChI is InChI=1S/C4H4O.C3H6/c1-2-4-5-3-1;1-3-2/h1-4H;3H,1H2,2H3. The van der Waals surface area contributed by atoms with Crippen LogP contribution in [0.1, 0.15) is 6.92 Å². The van der Waals surface area contributed by atoms with Crippen LogP contribution in [0.2, 0.25) is 0 Å². The lowest BCUT2D eigenvalue weighted by molar-refractivity contribution is 0.567. The molecule has 1 nitrogen and oxygen atoms in total. The average Bonchev–Trinajstić information content (AvgIpc) is 2.17. The second kappa shape index (κ2) is 6.02. The minimum absolute atomic E-state index is 1.62. The highest BCUT2D eigenvalue weighted by molar-refractivity contribution is 4.79. The molecule has 0 saturated carbocycles. The Morgan fingerprint density at radius 1 is 1.38 bits per heavy atom. The van der Waals surface area contributed by atoms with Gasteiger partial charge in [-0.2, -0.15) is 0 Å². The van der Waals surface area contributed by atoms with Gasteiger partial charge in [-0.05, 0) is 19.1 Å². The van der Waals surface area contributed by atoms with Gasteiger partial charge in [-0.3, -0.25) is 0 Å². The number of rotatable bonds is 0. The first kappa shape index (κ1) is 7.02. The summed E-state index contributed by atoms with van der Waals surface area (Å²) in [5.74, 6) is 0. The molecule has 8 heavy (non-hydrogen) atoms. The summed E-state index contributed by atoms with van der Waals surface area (Å²) in [6, 6.07) is 3.67. The summed E-state index contributed by atoms with van der Waals surface area (Å²) < 4.78 is 4.58. The van der Waals surface area contributed by atoms with E-state index in [1.54, 1.807) is 18.6 Å². The molecule has 0 saturated heterocycles. The van der Waals surface area contributed by atoms with Crippen LogP contribution in [0.15, 0.2) is 41.7 Å². The van der Waals surface area contributed by atoms with Gasteiger partial charge in [-0.1, -0.05) is 6.08 Å².